The fourth-order valence-corrected chi connectivity index (χ4v) is 4.59. The van der Waals surface area contributed by atoms with Crippen LogP contribution < -0.4 is 10.2 Å². The highest BCUT2D eigenvalue weighted by atomic mass is 16.5. The lowest BCUT2D eigenvalue weighted by Gasteiger charge is -2.29. The molecular weight excluding hydrogens is 358 g/mol. The van der Waals surface area contributed by atoms with Gasteiger partial charge >= 0.3 is 0 Å². The third kappa shape index (κ3) is 3.39. The number of hydrogen-bond acceptors (Lipinski definition) is 5. The predicted octanol–water partition coefficient (Wildman–Crippen LogP) is 2.17. The number of benzene rings is 1. The minimum Gasteiger partial charge on any atom is -0.378 e. The van der Waals surface area contributed by atoms with Crippen LogP contribution >= 0.6 is 0 Å². The van der Waals surface area contributed by atoms with Crippen molar-refractivity contribution in [3.63, 3.8) is 0 Å². The minimum absolute atomic E-state index is 0.166. The molecule has 28 heavy (non-hydrogen) atoms. The molecule has 0 aromatic heterocycles. The van der Waals surface area contributed by atoms with E-state index in [-0.39, 0.29) is 24.1 Å². The summed E-state index contributed by atoms with van der Waals surface area (Å²) in [7, 11) is 0. The SMILES string of the molecule is C[C@@H](C(=O)Nc1ccc(N2CCOCC2)cc1)N1C(=O)CC2(CCCC2)C1=O. The van der Waals surface area contributed by atoms with E-state index in [0.29, 0.717) is 5.69 Å². The summed E-state index contributed by atoms with van der Waals surface area (Å²) in [5, 5.41) is 2.84. The number of anilines is 2. The average molecular weight is 385 g/mol. The first-order chi connectivity index (χ1) is 13.5. The first kappa shape index (κ1) is 18.9. The summed E-state index contributed by atoms with van der Waals surface area (Å²) in [6, 6.07) is 6.82. The maximum atomic E-state index is 12.9. The number of nitrogens with one attached hydrogen (secondary N) is 1. The lowest BCUT2D eigenvalue weighted by Crippen LogP contribution is -2.46. The molecule has 3 fully saturated rings. The van der Waals surface area contributed by atoms with Gasteiger partial charge in [-0.15, -0.1) is 0 Å². The van der Waals surface area contributed by atoms with Crippen LogP contribution in [0, 0.1) is 5.41 Å². The molecule has 1 spiro atoms. The first-order valence-corrected chi connectivity index (χ1v) is 10.1. The van der Waals surface area contributed by atoms with E-state index in [4.69, 9.17) is 4.74 Å². The number of morpholine rings is 1. The van der Waals surface area contributed by atoms with Gasteiger partial charge in [0.05, 0.1) is 18.6 Å². The molecule has 1 saturated carbocycles. The van der Waals surface area contributed by atoms with Gasteiger partial charge in [-0.3, -0.25) is 19.3 Å². The summed E-state index contributed by atoms with van der Waals surface area (Å²) in [6.45, 7) is 4.76. The molecule has 0 unspecified atom stereocenters. The largest absolute Gasteiger partial charge is 0.378 e. The fraction of sp³-hybridized carbons (Fsp3) is 0.571. The van der Waals surface area contributed by atoms with Gasteiger partial charge in [0, 0.05) is 30.9 Å². The molecule has 1 aliphatic carbocycles. The second-order valence-corrected chi connectivity index (χ2v) is 8.04. The zero-order valence-electron chi connectivity index (χ0n) is 16.3. The number of ether oxygens (including phenoxy) is 1. The van der Waals surface area contributed by atoms with Crippen molar-refractivity contribution in [1.82, 2.24) is 4.90 Å². The Morgan fingerprint density at radius 1 is 1.11 bits per heavy atom. The molecule has 2 saturated heterocycles. The Hall–Kier alpha value is -2.41. The maximum Gasteiger partial charge on any atom is 0.247 e. The van der Waals surface area contributed by atoms with E-state index in [2.05, 4.69) is 10.2 Å². The standard InChI is InChI=1S/C21H27N3O4/c1-15(24-18(25)14-21(20(24)27)8-2-3-9-21)19(26)22-16-4-6-17(7-5-16)23-10-12-28-13-11-23/h4-7,15H,2-3,8-14H2,1H3,(H,22,26)/t15-/m0/s1. The normalized spacial score (nSPS) is 22.8. The van der Waals surface area contributed by atoms with Crippen LogP contribution in [0.15, 0.2) is 24.3 Å². The smallest absolute Gasteiger partial charge is 0.247 e. The Balaban J connectivity index is 1.40. The van der Waals surface area contributed by atoms with Crippen molar-refractivity contribution >= 4 is 29.1 Å². The third-order valence-electron chi connectivity index (χ3n) is 6.27. The number of carbonyl (C=O) groups is 3. The molecule has 2 heterocycles. The highest BCUT2D eigenvalue weighted by Crippen LogP contribution is 2.47. The molecule has 1 aromatic carbocycles. The van der Waals surface area contributed by atoms with Crippen molar-refractivity contribution < 1.29 is 19.1 Å². The Labute approximate surface area is 165 Å². The minimum atomic E-state index is -0.807. The topological polar surface area (TPSA) is 79.0 Å². The molecule has 7 nitrogen and oxygen atoms in total. The van der Waals surface area contributed by atoms with E-state index < -0.39 is 11.5 Å². The summed E-state index contributed by atoms with van der Waals surface area (Å²) in [4.78, 5) is 41.5. The quantitative estimate of drug-likeness (QED) is 0.804. The van der Waals surface area contributed by atoms with Gasteiger partial charge in [0.2, 0.25) is 17.7 Å². The molecule has 3 aliphatic rings. The molecule has 0 radical (unpaired) electrons. The van der Waals surface area contributed by atoms with Crippen LogP contribution in [0.5, 0.6) is 0 Å². The van der Waals surface area contributed by atoms with Gasteiger partial charge in [0.1, 0.15) is 6.04 Å². The van der Waals surface area contributed by atoms with E-state index >= 15 is 0 Å². The summed E-state index contributed by atoms with van der Waals surface area (Å²) < 4.78 is 5.37. The van der Waals surface area contributed by atoms with Gasteiger partial charge in [-0.05, 0) is 44.0 Å². The highest BCUT2D eigenvalue weighted by molar-refractivity contribution is 6.10. The van der Waals surface area contributed by atoms with Gasteiger partial charge in [-0.25, -0.2) is 0 Å². The Morgan fingerprint density at radius 2 is 1.75 bits per heavy atom. The molecule has 1 N–H and O–H groups in total. The van der Waals surface area contributed by atoms with Gasteiger partial charge in [0.25, 0.3) is 0 Å². The second-order valence-electron chi connectivity index (χ2n) is 8.04. The Bertz CT molecular complexity index is 764. The van der Waals surface area contributed by atoms with Crippen molar-refractivity contribution in [1.29, 1.82) is 0 Å². The van der Waals surface area contributed by atoms with E-state index in [0.717, 1.165) is 57.7 Å². The maximum absolute atomic E-state index is 12.9. The van der Waals surface area contributed by atoms with Gasteiger partial charge in [-0.1, -0.05) is 12.8 Å². The molecule has 1 atom stereocenters. The van der Waals surface area contributed by atoms with Gasteiger partial charge in [0.15, 0.2) is 0 Å². The van der Waals surface area contributed by atoms with E-state index in [1.165, 1.54) is 4.90 Å². The average Bonchev–Trinajstić information content (AvgIpc) is 3.27. The number of amides is 3. The predicted molar refractivity (Wildman–Crippen MR) is 105 cm³/mol. The van der Waals surface area contributed by atoms with Gasteiger partial charge < -0.3 is 15.0 Å². The number of carbonyl (C=O) groups excluding carboxylic acids is 3. The number of hydrogen-bond donors (Lipinski definition) is 1. The number of likely N-dealkylation sites (tertiary alicyclic amines) is 1. The summed E-state index contributed by atoms with van der Waals surface area (Å²) in [5.41, 5.74) is 1.19. The zero-order valence-corrected chi connectivity index (χ0v) is 16.3. The summed E-state index contributed by atoms with van der Waals surface area (Å²) in [5.74, 6) is -0.728. The number of nitrogens with zero attached hydrogens (tertiary/aromatic N) is 2. The van der Waals surface area contributed by atoms with E-state index in [9.17, 15) is 14.4 Å². The first-order valence-electron chi connectivity index (χ1n) is 10.1. The van der Waals surface area contributed by atoms with Crippen molar-refractivity contribution in [3.05, 3.63) is 24.3 Å². The van der Waals surface area contributed by atoms with Crippen molar-refractivity contribution in [2.24, 2.45) is 5.41 Å². The monoisotopic (exact) mass is 385 g/mol. The van der Waals surface area contributed by atoms with Crippen molar-refractivity contribution in [3.8, 4) is 0 Å². The Morgan fingerprint density at radius 3 is 2.39 bits per heavy atom. The summed E-state index contributed by atoms with van der Waals surface area (Å²) >= 11 is 0. The summed E-state index contributed by atoms with van der Waals surface area (Å²) in [6.07, 6.45) is 3.71. The van der Waals surface area contributed by atoms with E-state index in [1.807, 2.05) is 24.3 Å². The van der Waals surface area contributed by atoms with Gasteiger partial charge in [-0.2, -0.15) is 0 Å². The second kappa shape index (κ2) is 7.54. The molecule has 150 valence electrons. The van der Waals surface area contributed by atoms with E-state index in [1.54, 1.807) is 6.92 Å². The van der Waals surface area contributed by atoms with Crippen LogP contribution in [0.4, 0.5) is 11.4 Å². The molecule has 7 heteroatoms. The van der Waals surface area contributed by atoms with Crippen molar-refractivity contribution in [2.45, 2.75) is 45.1 Å². The fourth-order valence-electron chi connectivity index (χ4n) is 4.59. The molecule has 4 rings (SSSR count). The molecule has 1 aromatic rings. The highest BCUT2D eigenvalue weighted by Gasteiger charge is 2.54. The molecule has 0 bridgehead atoms. The van der Waals surface area contributed by atoms with Crippen LogP contribution in [0.3, 0.4) is 0 Å². The van der Waals surface area contributed by atoms with Crippen LogP contribution in [0.1, 0.15) is 39.0 Å². The molecule has 3 amide bonds. The number of imide groups is 1. The Kier molecular flexibility index (Phi) is 5.10. The third-order valence-corrected chi connectivity index (χ3v) is 6.27. The zero-order chi connectivity index (χ0) is 19.7. The molecular formula is C21H27N3O4. The van der Waals surface area contributed by atoms with Crippen LogP contribution in [0.25, 0.3) is 0 Å². The lowest BCUT2D eigenvalue weighted by atomic mass is 9.84. The van der Waals surface area contributed by atoms with Crippen LogP contribution in [0.2, 0.25) is 0 Å². The van der Waals surface area contributed by atoms with Crippen LogP contribution in [-0.4, -0.2) is 55.0 Å². The molecule has 2 aliphatic heterocycles. The van der Waals surface area contributed by atoms with Crippen LogP contribution in [-0.2, 0) is 19.1 Å². The lowest BCUT2D eigenvalue weighted by molar-refractivity contribution is -0.147. The van der Waals surface area contributed by atoms with Crippen molar-refractivity contribution in [2.75, 3.05) is 36.5 Å². The number of rotatable bonds is 4.